The second kappa shape index (κ2) is 7.41. The lowest BCUT2D eigenvalue weighted by atomic mass is 10.0. The van der Waals surface area contributed by atoms with Crippen LogP contribution in [-0.2, 0) is 4.79 Å². The molecule has 2 atom stereocenters. The van der Waals surface area contributed by atoms with Crippen LogP contribution in [-0.4, -0.2) is 28.8 Å². The molecule has 0 amide bonds. The Labute approximate surface area is 120 Å². The normalized spacial score (nSPS) is 14.3. The van der Waals surface area contributed by atoms with Crippen molar-refractivity contribution in [1.82, 2.24) is 5.32 Å². The molecule has 0 aromatic heterocycles. The molecule has 0 fully saturated rings. The number of rotatable bonds is 7. The number of aryl methyl sites for hydroxylation is 2. The zero-order valence-electron chi connectivity index (χ0n) is 12.7. The van der Waals surface area contributed by atoms with E-state index >= 15 is 0 Å². The first-order valence-electron chi connectivity index (χ1n) is 7.02. The van der Waals surface area contributed by atoms with Crippen molar-refractivity contribution in [2.45, 2.75) is 46.3 Å². The molecule has 3 N–H and O–H groups in total. The van der Waals surface area contributed by atoms with Gasteiger partial charge in [0, 0.05) is 6.54 Å². The molecule has 0 aliphatic heterocycles. The predicted molar refractivity (Wildman–Crippen MR) is 79.8 cm³/mol. The molecular formula is C16H25NO3. The number of carboxylic acid groups (broad SMARTS) is 1. The Morgan fingerprint density at radius 3 is 2.40 bits per heavy atom. The van der Waals surface area contributed by atoms with Gasteiger partial charge in [-0.15, -0.1) is 0 Å². The lowest BCUT2D eigenvalue weighted by Crippen LogP contribution is -2.40. The minimum atomic E-state index is -0.869. The van der Waals surface area contributed by atoms with Crippen molar-refractivity contribution in [3.8, 4) is 0 Å². The Morgan fingerprint density at radius 2 is 1.90 bits per heavy atom. The molecule has 112 valence electrons. The molecule has 0 bridgehead atoms. The first-order valence-corrected chi connectivity index (χ1v) is 7.02. The van der Waals surface area contributed by atoms with E-state index in [1.54, 1.807) is 0 Å². The van der Waals surface area contributed by atoms with Crippen molar-refractivity contribution in [2.75, 3.05) is 6.54 Å². The summed E-state index contributed by atoms with van der Waals surface area (Å²) >= 11 is 0. The van der Waals surface area contributed by atoms with Crippen LogP contribution in [0, 0.1) is 19.8 Å². The molecule has 2 unspecified atom stereocenters. The summed E-state index contributed by atoms with van der Waals surface area (Å²) < 4.78 is 0. The summed E-state index contributed by atoms with van der Waals surface area (Å²) in [6, 6.07) is 5.18. The second-order valence-corrected chi connectivity index (χ2v) is 5.79. The topological polar surface area (TPSA) is 69.6 Å². The number of aliphatic hydroxyl groups excluding tert-OH is 1. The van der Waals surface area contributed by atoms with Gasteiger partial charge in [-0.3, -0.25) is 4.79 Å². The highest BCUT2D eigenvalue weighted by Crippen LogP contribution is 2.17. The number of aliphatic hydroxyl groups is 1. The number of nitrogens with one attached hydrogen (secondary N) is 1. The molecule has 1 aromatic rings. The van der Waals surface area contributed by atoms with Crippen LogP contribution in [0.1, 0.15) is 43.1 Å². The molecule has 1 aromatic carbocycles. The van der Waals surface area contributed by atoms with E-state index in [1.165, 1.54) is 5.56 Å². The quantitative estimate of drug-likeness (QED) is 0.717. The van der Waals surface area contributed by atoms with E-state index in [0.717, 1.165) is 11.1 Å². The molecule has 0 aliphatic carbocycles. The summed E-state index contributed by atoms with van der Waals surface area (Å²) in [5, 5.41) is 22.2. The van der Waals surface area contributed by atoms with Gasteiger partial charge in [-0.05, 0) is 42.9 Å². The molecule has 4 nitrogen and oxygen atoms in total. The average Bonchev–Trinajstić information content (AvgIpc) is 2.36. The number of hydrogen-bond donors (Lipinski definition) is 3. The van der Waals surface area contributed by atoms with E-state index in [-0.39, 0.29) is 6.54 Å². The predicted octanol–water partition coefficient (Wildman–Crippen LogP) is 2.43. The molecule has 20 heavy (non-hydrogen) atoms. The Balaban J connectivity index is 2.62. The molecule has 0 spiro atoms. The Kier molecular flexibility index (Phi) is 6.17. The maximum absolute atomic E-state index is 11.1. The van der Waals surface area contributed by atoms with Crippen LogP contribution in [0.2, 0.25) is 0 Å². The second-order valence-electron chi connectivity index (χ2n) is 5.79. The van der Waals surface area contributed by atoms with Crippen molar-refractivity contribution in [3.05, 3.63) is 34.9 Å². The molecule has 0 aliphatic rings. The number of carbonyl (C=O) groups is 1. The maximum atomic E-state index is 11.1. The van der Waals surface area contributed by atoms with Crippen molar-refractivity contribution >= 4 is 5.97 Å². The van der Waals surface area contributed by atoms with Gasteiger partial charge in [-0.1, -0.05) is 32.0 Å². The number of benzene rings is 1. The van der Waals surface area contributed by atoms with Gasteiger partial charge in [0.05, 0.1) is 6.10 Å². The molecule has 0 heterocycles. The maximum Gasteiger partial charge on any atom is 0.320 e. The van der Waals surface area contributed by atoms with E-state index in [4.69, 9.17) is 5.11 Å². The summed E-state index contributed by atoms with van der Waals surface area (Å²) in [5.74, 6) is -0.576. The fourth-order valence-corrected chi connectivity index (χ4v) is 2.09. The van der Waals surface area contributed by atoms with Crippen LogP contribution < -0.4 is 5.32 Å². The first-order chi connectivity index (χ1) is 9.31. The summed E-state index contributed by atoms with van der Waals surface area (Å²) in [6.07, 6.45) is -0.141. The molecule has 1 rings (SSSR count). The van der Waals surface area contributed by atoms with Crippen LogP contribution in [0.5, 0.6) is 0 Å². The zero-order valence-corrected chi connectivity index (χ0v) is 12.7. The third-order valence-corrected chi connectivity index (χ3v) is 3.48. The number of aliphatic carboxylic acids is 1. The molecule has 0 saturated carbocycles. The summed E-state index contributed by atoms with van der Waals surface area (Å²) in [4.78, 5) is 11.1. The molecular weight excluding hydrogens is 254 g/mol. The van der Waals surface area contributed by atoms with Crippen LogP contribution in [0.3, 0.4) is 0 Å². The SMILES string of the molecule is Cc1ccc(C(O)CNC(CC(C)C)C(=O)O)cc1C. The van der Waals surface area contributed by atoms with Gasteiger partial charge in [0.2, 0.25) is 0 Å². The lowest BCUT2D eigenvalue weighted by molar-refractivity contribution is -0.140. The van der Waals surface area contributed by atoms with Crippen LogP contribution in [0.4, 0.5) is 0 Å². The van der Waals surface area contributed by atoms with E-state index < -0.39 is 18.1 Å². The number of hydrogen-bond acceptors (Lipinski definition) is 3. The highest BCUT2D eigenvalue weighted by Gasteiger charge is 2.19. The number of carboxylic acids is 1. The Morgan fingerprint density at radius 1 is 1.25 bits per heavy atom. The summed E-state index contributed by atoms with van der Waals surface area (Å²) in [7, 11) is 0. The lowest BCUT2D eigenvalue weighted by Gasteiger charge is -2.19. The molecule has 4 heteroatoms. The van der Waals surface area contributed by atoms with Crippen molar-refractivity contribution in [1.29, 1.82) is 0 Å². The van der Waals surface area contributed by atoms with Gasteiger partial charge in [0.1, 0.15) is 6.04 Å². The van der Waals surface area contributed by atoms with Gasteiger partial charge in [0.25, 0.3) is 0 Å². The average molecular weight is 279 g/mol. The van der Waals surface area contributed by atoms with Crippen LogP contribution in [0.25, 0.3) is 0 Å². The van der Waals surface area contributed by atoms with Gasteiger partial charge in [-0.25, -0.2) is 0 Å². The zero-order chi connectivity index (χ0) is 15.3. The van der Waals surface area contributed by atoms with Crippen LogP contribution in [0.15, 0.2) is 18.2 Å². The third kappa shape index (κ3) is 4.94. The smallest absolute Gasteiger partial charge is 0.320 e. The highest BCUT2D eigenvalue weighted by molar-refractivity contribution is 5.73. The monoisotopic (exact) mass is 279 g/mol. The Hall–Kier alpha value is -1.39. The fraction of sp³-hybridized carbons (Fsp3) is 0.562. The summed E-state index contributed by atoms with van der Waals surface area (Å²) in [6.45, 7) is 8.23. The molecule has 0 saturated heterocycles. The van der Waals surface area contributed by atoms with E-state index in [0.29, 0.717) is 12.3 Å². The fourth-order valence-electron chi connectivity index (χ4n) is 2.09. The minimum absolute atomic E-state index is 0.242. The Bertz CT molecular complexity index is 457. The van der Waals surface area contributed by atoms with Gasteiger partial charge < -0.3 is 15.5 Å². The van der Waals surface area contributed by atoms with E-state index in [1.807, 2.05) is 45.9 Å². The van der Waals surface area contributed by atoms with Crippen molar-refractivity contribution in [3.63, 3.8) is 0 Å². The van der Waals surface area contributed by atoms with E-state index in [2.05, 4.69) is 5.32 Å². The first kappa shape index (κ1) is 16.7. The van der Waals surface area contributed by atoms with Gasteiger partial charge in [-0.2, -0.15) is 0 Å². The minimum Gasteiger partial charge on any atom is -0.480 e. The van der Waals surface area contributed by atoms with Crippen molar-refractivity contribution in [2.24, 2.45) is 5.92 Å². The van der Waals surface area contributed by atoms with Crippen LogP contribution >= 0.6 is 0 Å². The van der Waals surface area contributed by atoms with Gasteiger partial charge >= 0.3 is 5.97 Å². The van der Waals surface area contributed by atoms with E-state index in [9.17, 15) is 9.90 Å². The highest BCUT2D eigenvalue weighted by atomic mass is 16.4. The molecule has 0 radical (unpaired) electrons. The van der Waals surface area contributed by atoms with Crippen molar-refractivity contribution < 1.29 is 15.0 Å². The third-order valence-electron chi connectivity index (χ3n) is 3.48. The van der Waals surface area contributed by atoms with Gasteiger partial charge in [0.15, 0.2) is 0 Å². The summed E-state index contributed by atoms with van der Waals surface area (Å²) in [5.41, 5.74) is 3.12. The standard InChI is InChI=1S/C16H25NO3/c1-10(2)7-14(16(19)20)17-9-15(18)13-6-5-11(3)12(4)8-13/h5-6,8,10,14-15,17-18H,7,9H2,1-4H3,(H,19,20). The largest absolute Gasteiger partial charge is 0.480 e.